The average molecular weight is 444 g/mol. The van der Waals surface area contributed by atoms with E-state index in [1.165, 1.54) is 0 Å². The number of likely N-dealkylation sites (N-methyl/N-ethyl adjacent to an activating group) is 2. The molecule has 0 spiro atoms. The van der Waals surface area contributed by atoms with Crippen LogP contribution in [0.2, 0.25) is 0 Å². The summed E-state index contributed by atoms with van der Waals surface area (Å²) in [5.41, 5.74) is 6.06. The molecule has 0 aliphatic carbocycles. The molecule has 0 bridgehead atoms. The van der Waals surface area contributed by atoms with Crippen LogP contribution in [-0.4, -0.2) is 72.4 Å². The number of carbonyl (C=O) groups is 2. The molecule has 3 heterocycles. The topological polar surface area (TPSA) is 81.3 Å². The lowest BCUT2D eigenvalue weighted by atomic mass is 10.1. The quantitative estimate of drug-likeness (QED) is 0.588. The Kier molecular flexibility index (Phi) is 6.70. The van der Waals surface area contributed by atoms with Crippen LogP contribution in [0.4, 0.5) is 0 Å². The number of hydrogen-bond donors (Lipinski definition) is 2. The van der Waals surface area contributed by atoms with E-state index in [0.717, 1.165) is 41.2 Å². The summed E-state index contributed by atoms with van der Waals surface area (Å²) in [5.74, 6) is -0.0113. The molecule has 4 rings (SSSR count). The molecule has 3 aromatic rings. The zero-order chi connectivity index (χ0) is 23.4. The van der Waals surface area contributed by atoms with Gasteiger partial charge in [0, 0.05) is 61.8 Å². The molecule has 1 aromatic carbocycles. The van der Waals surface area contributed by atoms with Crippen LogP contribution in [0, 0.1) is 0 Å². The molecule has 1 aliphatic heterocycles. The molecular weight excluding hydrogens is 414 g/mol. The fourth-order valence-corrected chi connectivity index (χ4v) is 3.75. The van der Waals surface area contributed by atoms with Gasteiger partial charge in [-0.1, -0.05) is 18.2 Å². The van der Waals surface area contributed by atoms with E-state index < -0.39 is 0 Å². The lowest BCUT2D eigenvalue weighted by Crippen LogP contribution is -2.33. The molecule has 0 saturated carbocycles. The van der Waals surface area contributed by atoms with Gasteiger partial charge in [-0.3, -0.25) is 14.6 Å². The van der Waals surface area contributed by atoms with Crippen LogP contribution >= 0.6 is 0 Å². The number of H-pyrrole nitrogens is 1. The van der Waals surface area contributed by atoms with Crippen LogP contribution < -0.4 is 5.32 Å². The number of nitrogens with zero attached hydrogens (tertiary/aromatic N) is 3. The molecule has 1 aliphatic rings. The highest BCUT2D eigenvalue weighted by molar-refractivity contribution is 5.98. The number of aromatic amines is 1. The van der Waals surface area contributed by atoms with Crippen molar-refractivity contribution in [3.63, 3.8) is 0 Å². The molecule has 0 fully saturated rings. The Labute approximate surface area is 194 Å². The third-order valence-corrected chi connectivity index (χ3v) is 5.73. The molecule has 7 heteroatoms. The van der Waals surface area contributed by atoms with E-state index in [-0.39, 0.29) is 11.8 Å². The normalized spacial score (nSPS) is 13.3. The van der Waals surface area contributed by atoms with Crippen LogP contribution in [0.15, 0.2) is 48.7 Å². The summed E-state index contributed by atoms with van der Waals surface area (Å²) in [6.07, 6.45) is 6.49. The van der Waals surface area contributed by atoms with E-state index in [1.807, 2.05) is 75.8 Å². The van der Waals surface area contributed by atoms with Gasteiger partial charge in [0.25, 0.3) is 11.8 Å². The monoisotopic (exact) mass is 443 g/mol. The summed E-state index contributed by atoms with van der Waals surface area (Å²) in [5, 5.41) is 2.87. The third-order valence-electron chi connectivity index (χ3n) is 5.73. The molecule has 0 unspecified atom stereocenters. The van der Waals surface area contributed by atoms with E-state index in [0.29, 0.717) is 24.2 Å². The second-order valence-corrected chi connectivity index (χ2v) is 8.54. The largest absolute Gasteiger partial charge is 0.358 e. The SMILES string of the molecule is CN(C)CCN(C)C(=O)c1ccc(/C=C/c2cc(-c3cc4c([nH]3)CCNC4=O)ccn2)cc1. The highest BCUT2D eigenvalue weighted by Crippen LogP contribution is 2.24. The number of carbonyl (C=O) groups excluding carboxylic acids is 2. The molecule has 2 N–H and O–H groups in total. The van der Waals surface area contributed by atoms with E-state index >= 15 is 0 Å². The van der Waals surface area contributed by atoms with E-state index in [2.05, 4.69) is 20.2 Å². The maximum atomic E-state index is 12.6. The number of benzene rings is 1. The van der Waals surface area contributed by atoms with Crippen molar-refractivity contribution in [2.45, 2.75) is 6.42 Å². The number of aromatic nitrogens is 2. The molecule has 0 atom stereocenters. The zero-order valence-corrected chi connectivity index (χ0v) is 19.3. The van der Waals surface area contributed by atoms with Gasteiger partial charge < -0.3 is 20.1 Å². The molecule has 0 saturated heterocycles. The first-order chi connectivity index (χ1) is 15.9. The lowest BCUT2D eigenvalue weighted by Gasteiger charge is -2.19. The number of rotatable bonds is 7. The molecular formula is C26H29N5O2. The molecule has 2 aromatic heterocycles. The first-order valence-electron chi connectivity index (χ1n) is 11.1. The van der Waals surface area contributed by atoms with Crippen LogP contribution in [0.3, 0.4) is 0 Å². The molecule has 33 heavy (non-hydrogen) atoms. The van der Waals surface area contributed by atoms with Gasteiger partial charge in [0.05, 0.1) is 11.3 Å². The Morgan fingerprint density at radius 3 is 2.58 bits per heavy atom. The fraction of sp³-hybridized carbons (Fsp3) is 0.269. The van der Waals surface area contributed by atoms with Crippen LogP contribution in [0.25, 0.3) is 23.4 Å². The van der Waals surface area contributed by atoms with Crippen molar-refractivity contribution in [2.75, 3.05) is 40.8 Å². The fourth-order valence-electron chi connectivity index (χ4n) is 3.75. The van der Waals surface area contributed by atoms with Crippen LogP contribution in [0.1, 0.15) is 37.7 Å². The van der Waals surface area contributed by atoms with Gasteiger partial charge in [-0.05, 0) is 56.1 Å². The Morgan fingerprint density at radius 1 is 1.06 bits per heavy atom. The Balaban J connectivity index is 1.44. The van der Waals surface area contributed by atoms with Gasteiger partial charge in [0.1, 0.15) is 0 Å². The van der Waals surface area contributed by atoms with Crippen molar-refractivity contribution in [1.82, 2.24) is 25.1 Å². The first-order valence-corrected chi connectivity index (χ1v) is 11.1. The van der Waals surface area contributed by atoms with Crippen molar-refractivity contribution >= 4 is 24.0 Å². The van der Waals surface area contributed by atoms with Crippen molar-refractivity contribution in [3.8, 4) is 11.3 Å². The minimum Gasteiger partial charge on any atom is -0.358 e. The second kappa shape index (κ2) is 9.83. The predicted molar refractivity (Wildman–Crippen MR) is 131 cm³/mol. The van der Waals surface area contributed by atoms with Crippen LogP contribution in [0.5, 0.6) is 0 Å². The molecule has 7 nitrogen and oxygen atoms in total. The highest BCUT2D eigenvalue weighted by Gasteiger charge is 2.20. The van der Waals surface area contributed by atoms with E-state index in [4.69, 9.17) is 0 Å². The van der Waals surface area contributed by atoms with Crippen molar-refractivity contribution in [1.29, 1.82) is 0 Å². The summed E-state index contributed by atoms with van der Waals surface area (Å²) in [7, 11) is 5.81. The molecule has 2 amide bonds. The smallest absolute Gasteiger partial charge is 0.253 e. The maximum absolute atomic E-state index is 12.6. The van der Waals surface area contributed by atoms with Gasteiger partial charge in [-0.15, -0.1) is 0 Å². The summed E-state index contributed by atoms with van der Waals surface area (Å²) >= 11 is 0. The van der Waals surface area contributed by atoms with Crippen molar-refractivity contribution < 1.29 is 9.59 Å². The van der Waals surface area contributed by atoms with Crippen molar-refractivity contribution in [2.24, 2.45) is 0 Å². The number of fused-ring (bicyclic) bond motifs is 1. The zero-order valence-electron chi connectivity index (χ0n) is 19.3. The Hall–Kier alpha value is -3.71. The first kappa shape index (κ1) is 22.5. The summed E-state index contributed by atoms with van der Waals surface area (Å²) in [4.78, 5) is 36.2. The maximum Gasteiger partial charge on any atom is 0.253 e. The second-order valence-electron chi connectivity index (χ2n) is 8.54. The lowest BCUT2D eigenvalue weighted by molar-refractivity contribution is 0.0786. The van der Waals surface area contributed by atoms with E-state index in [1.54, 1.807) is 11.1 Å². The number of amides is 2. The molecule has 0 radical (unpaired) electrons. The predicted octanol–water partition coefficient (Wildman–Crippen LogP) is 3.17. The van der Waals surface area contributed by atoms with Gasteiger partial charge in [0.2, 0.25) is 0 Å². The van der Waals surface area contributed by atoms with Crippen molar-refractivity contribution in [3.05, 3.63) is 76.7 Å². The number of nitrogens with one attached hydrogen (secondary N) is 2. The summed E-state index contributed by atoms with van der Waals surface area (Å²) in [6.45, 7) is 2.17. The minimum absolute atomic E-state index is 0.0177. The number of pyridine rings is 1. The Morgan fingerprint density at radius 2 is 1.85 bits per heavy atom. The third kappa shape index (κ3) is 5.38. The Bertz CT molecular complexity index is 1180. The van der Waals surface area contributed by atoms with Gasteiger partial charge >= 0.3 is 0 Å². The van der Waals surface area contributed by atoms with Crippen LogP contribution in [-0.2, 0) is 6.42 Å². The van der Waals surface area contributed by atoms with Gasteiger partial charge in [0.15, 0.2) is 0 Å². The molecule has 170 valence electrons. The summed E-state index contributed by atoms with van der Waals surface area (Å²) in [6, 6.07) is 13.4. The minimum atomic E-state index is -0.0289. The average Bonchev–Trinajstić information content (AvgIpc) is 3.27. The summed E-state index contributed by atoms with van der Waals surface area (Å²) < 4.78 is 0. The van der Waals surface area contributed by atoms with E-state index in [9.17, 15) is 9.59 Å². The highest BCUT2D eigenvalue weighted by atomic mass is 16.2. The standard InChI is InChI=1S/C26H29N5O2/c1-30(2)14-15-31(3)26(33)19-7-4-18(5-8-19)6-9-21-16-20(10-12-27-21)24-17-22-23(29-24)11-13-28-25(22)32/h4-10,12,16-17,29H,11,13-15H2,1-3H3,(H,28,32)/b9-6+. The van der Waals surface area contributed by atoms with Gasteiger partial charge in [-0.25, -0.2) is 0 Å². The number of hydrogen-bond acceptors (Lipinski definition) is 4. The van der Waals surface area contributed by atoms with Gasteiger partial charge in [-0.2, -0.15) is 0 Å².